The van der Waals surface area contributed by atoms with Gasteiger partial charge in [0.1, 0.15) is 0 Å². The van der Waals surface area contributed by atoms with Gasteiger partial charge in [0.25, 0.3) is 0 Å². The second-order valence-corrected chi connectivity index (χ2v) is 5.99. The highest BCUT2D eigenvalue weighted by Gasteiger charge is 2.27. The predicted molar refractivity (Wildman–Crippen MR) is 81.7 cm³/mol. The van der Waals surface area contributed by atoms with Gasteiger partial charge in [0.2, 0.25) is 5.91 Å². The van der Waals surface area contributed by atoms with Crippen molar-refractivity contribution < 1.29 is 4.79 Å². The Kier molecular flexibility index (Phi) is 7.77. The van der Waals surface area contributed by atoms with E-state index in [0.717, 1.165) is 25.9 Å². The Hall–Kier alpha value is -0.280. The molecule has 4 heteroatoms. The lowest BCUT2D eigenvalue weighted by Crippen LogP contribution is -2.45. The molecule has 0 aromatic carbocycles. The predicted octanol–water partition coefficient (Wildman–Crippen LogP) is 2.98. The molecular weight excluding hydrogens is 260 g/mol. The molecule has 1 saturated heterocycles. The van der Waals surface area contributed by atoms with Gasteiger partial charge in [0.15, 0.2) is 0 Å². The fourth-order valence-electron chi connectivity index (χ4n) is 3.35. The van der Waals surface area contributed by atoms with E-state index in [2.05, 4.69) is 10.2 Å². The first kappa shape index (κ1) is 16.8. The van der Waals surface area contributed by atoms with Gasteiger partial charge >= 0.3 is 0 Å². The zero-order valence-electron chi connectivity index (χ0n) is 12.2. The molecule has 1 amide bonds. The van der Waals surface area contributed by atoms with E-state index >= 15 is 0 Å². The molecule has 2 rings (SSSR count). The van der Waals surface area contributed by atoms with Crippen molar-refractivity contribution in [2.24, 2.45) is 5.92 Å². The standard InChI is InChI=1S/C15H28N2O.ClH/c1-17(14-9-5-3-2-4-6-10-14)15(18)13-8-7-11-16-12-13;/h13-14,16H,2-12H2,1H3;1H. The van der Waals surface area contributed by atoms with Gasteiger partial charge < -0.3 is 10.2 Å². The van der Waals surface area contributed by atoms with Crippen molar-refractivity contribution in [3.8, 4) is 0 Å². The van der Waals surface area contributed by atoms with Crippen LogP contribution in [0.3, 0.4) is 0 Å². The molecule has 112 valence electrons. The average Bonchev–Trinajstić information content (AvgIpc) is 2.38. The fourth-order valence-corrected chi connectivity index (χ4v) is 3.35. The van der Waals surface area contributed by atoms with Crippen molar-refractivity contribution in [2.75, 3.05) is 20.1 Å². The lowest BCUT2D eigenvalue weighted by Gasteiger charge is -2.33. The normalized spacial score (nSPS) is 25.8. The van der Waals surface area contributed by atoms with E-state index < -0.39 is 0 Å². The minimum atomic E-state index is 0. The lowest BCUT2D eigenvalue weighted by atomic mass is 9.93. The number of piperidine rings is 1. The van der Waals surface area contributed by atoms with Crippen molar-refractivity contribution in [2.45, 2.75) is 63.8 Å². The maximum Gasteiger partial charge on any atom is 0.226 e. The minimum Gasteiger partial charge on any atom is -0.342 e. The summed E-state index contributed by atoms with van der Waals surface area (Å²) in [5.74, 6) is 0.613. The zero-order valence-corrected chi connectivity index (χ0v) is 13.0. The third-order valence-corrected chi connectivity index (χ3v) is 4.62. The van der Waals surface area contributed by atoms with Crippen LogP contribution in [-0.4, -0.2) is 37.0 Å². The van der Waals surface area contributed by atoms with E-state index in [1.807, 2.05) is 7.05 Å². The summed E-state index contributed by atoms with van der Waals surface area (Å²) in [5, 5.41) is 3.35. The Morgan fingerprint density at radius 2 is 1.63 bits per heavy atom. The van der Waals surface area contributed by atoms with Gasteiger partial charge in [-0.3, -0.25) is 4.79 Å². The molecule has 0 aromatic heterocycles. The van der Waals surface area contributed by atoms with Gasteiger partial charge in [-0.05, 0) is 32.2 Å². The smallest absolute Gasteiger partial charge is 0.226 e. The highest BCUT2D eigenvalue weighted by atomic mass is 35.5. The number of hydrogen-bond donors (Lipinski definition) is 1. The molecule has 1 atom stereocenters. The number of rotatable bonds is 2. The Morgan fingerprint density at radius 3 is 2.21 bits per heavy atom. The van der Waals surface area contributed by atoms with Crippen LogP contribution >= 0.6 is 12.4 Å². The quantitative estimate of drug-likeness (QED) is 0.847. The van der Waals surface area contributed by atoms with Crippen LogP contribution in [0.4, 0.5) is 0 Å². The average molecular weight is 289 g/mol. The van der Waals surface area contributed by atoms with Crippen molar-refractivity contribution in [3.05, 3.63) is 0 Å². The van der Waals surface area contributed by atoms with E-state index in [1.165, 1.54) is 44.9 Å². The van der Waals surface area contributed by atoms with Crippen LogP contribution in [0.15, 0.2) is 0 Å². The van der Waals surface area contributed by atoms with Gasteiger partial charge in [0, 0.05) is 19.6 Å². The minimum absolute atomic E-state index is 0. The molecule has 0 radical (unpaired) electrons. The number of halogens is 1. The summed E-state index contributed by atoms with van der Waals surface area (Å²) in [6, 6.07) is 0.500. The summed E-state index contributed by atoms with van der Waals surface area (Å²) in [6.45, 7) is 1.97. The highest BCUT2D eigenvalue weighted by Crippen LogP contribution is 2.23. The Bertz CT molecular complexity index is 259. The summed E-state index contributed by atoms with van der Waals surface area (Å²) in [5.41, 5.74) is 0. The van der Waals surface area contributed by atoms with Gasteiger partial charge in [-0.25, -0.2) is 0 Å². The molecular formula is C15H29ClN2O. The van der Waals surface area contributed by atoms with E-state index in [9.17, 15) is 4.79 Å². The lowest BCUT2D eigenvalue weighted by molar-refractivity contribution is -0.137. The summed E-state index contributed by atoms with van der Waals surface area (Å²) in [4.78, 5) is 14.6. The molecule has 2 aliphatic rings. The summed E-state index contributed by atoms with van der Waals surface area (Å²) >= 11 is 0. The molecule has 3 nitrogen and oxygen atoms in total. The third kappa shape index (κ3) is 4.96. The molecule has 0 bridgehead atoms. The van der Waals surface area contributed by atoms with Crippen LogP contribution in [-0.2, 0) is 4.79 Å². The second kappa shape index (κ2) is 8.80. The first-order valence-corrected chi connectivity index (χ1v) is 7.76. The van der Waals surface area contributed by atoms with Crippen molar-refractivity contribution in [3.63, 3.8) is 0 Å². The van der Waals surface area contributed by atoms with Crippen molar-refractivity contribution in [1.82, 2.24) is 10.2 Å². The number of carbonyl (C=O) groups is 1. The van der Waals surface area contributed by atoms with Gasteiger partial charge in [-0.1, -0.05) is 32.1 Å². The van der Waals surface area contributed by atoms with E-state index in [0.29, 0.717) is 11.9 Å². The number of nitrogens with zero attached hydrogens (tertiary/aromatic N) is 1. The molecule has 1 unspecified atom stereocenters. The number of hydrogen-bond acceptors (Lipinski definition) is 2. The van der Waals surface area contributed by atoms with Gasteiger partial charge in [-0.15, -0.1) is 12.4 Å². The number of carbonyl (C=O) groups excluding carboxylic acids is 1. The largest absolute Gasteiger partial charge is 0.342 e. The van der Waals surface area contributed by atoms with E-state index in [4.69, 9.17) is 0 Å². The topological polar surface area (TPSA) is 32.3 Å². The summed E-state index contributed by atoms with van der Waals surface area (Å²) < 4.78 is 0. The van der Waals surface area contributed by atoms with Crippen LogP contribution in [0.25, 0.3) is 0 Å². The molecule has 1 heterocycles. The fraction of sp³-hybridized carbons (Fsp3) is 0.933. The Morgan fingerprint density at radius 1 is 1.00 bits per heavy atom. The van der Waals surface area contributed by atoms with Crippen LogP contribution in [0.2, 0.25) is 0 Å². The number of nitrogens with one attached hydrogen (secondary N) is 1. The van der Waals surface area contributed by atoms with Crippen LogP contribution in [0, 0.1) is 5.92 Å². The van der Waals surface area contributed by atoms with E-state index in [-0.39, 0.29) is 18.3 Å². The van der Waals surface area contributed by atoms with Crippen LogP contribution in [0.5, 0.6) is 0 Å². The molecule has 2 fully saturated rings. The Labute approximate surface area is 123 Å². The molecule has 1 saturated carbocycles. The van der Waals surface area contributed by atoms with Gasteiger partial charge in [-0.2, -0.15) is 0 Å². The Balaban J connectivity index is 0.00000180. The molecule has 0 spiro atoms. The second-order valence-electron chi connectivity index (χ2n) is 5.99. The van der Waals surface area contributed by atoms with Crippen LogP contribution < -0.4 is 5.32 Å². The first-order valence-electron chi connectivity index (χ1n) is 7.76. The summed E-state index contributed by atoms with van der Waals surface area (Å²) in [7, 11) is 2.03. The monoisotopic (exact) mass is 288 g/mol. The van der Waals surface area contributed by atoms with E-state index in [1.54, 1.807) is 0 Å². The SMILES string of the molecule is CN(C(=O)C1CCCNC1)C1CCCCCCC1.Cl. The highest BCUT2D eigenvalue weighted by molar-refractivity contribution is 5.85. The summed E-state index contributed by atoms with van der Waals surface area (Å²) in [6.07, 6.45) is 11.3. The first-order chi connectivity index (χ1) is 8.79. The molecule has 1 aliphatic heterocycles. The maximum absolute atomic E-state index is 12.5. The van der Waals surface area contributed by atoms with Crippen molar-refractivity contribution in [1.29, 1.82) is 0 Å². The number of amides is 1. The molecule has 19 heavy (non-hydrogen) atoms. The molecule has 1 aliphatic carbocycles. The van der Waals surface area contributed by atoms with Gasteiger partial charge in [0.05, 0.1) is 5.92 Å². The van der Waals surface area contributed by atoms with Crippen molar-refractivity contribution >= 4 is 18.3 Å². The zero-order chi connectivity index (χ0) is 12.8. The van der Waals surface area contributed by atoms with Crippen LogP contribution in [0.1, 0.15) is 57.8 Å². The molecule has 1 N–H and O–H groups in total. The molecule has 0 aromatic rings. The third-order valence-electron chi connectivity index (χ3n) is 4.62. The maximum atomic E-state index is 12.5.